The molecule has 1 aromatic carbocycles. The lowest BCUT2D eigenvalue weighted by Gasteiger charge is -2.02. The third kappa shape index (κ3) is 3.24. The number of nitrogens with two attached hydrogens (primary N) is 1. The van der Waals surface area contributed by atoms with Gasteiger partial charge in [0.2, 0.25) is 0 Å². The second-order valence-electron chi connectivity index (χ2n) is 4.01. The number of H-pyrrole nitrogens is 1. The average Bonchev–Trinajstić information content (AvgIpc) is 2.84. The highest BCUT2D eigenvalue weighted by Crippen LogP contribution is 2.20. The summed E-state index contributed by atoms with van der Waals surface area (Å²) in [5, 5.41) is 3.77. The Morgan fingerprint density at radius 2 is 2.37 bits per heavy atom. The third-order valence-corrected chi connectivity index (χ3v) is 3.51. The normalized spacial score (nSPS) is 10.3. The molecule has 0 unspecified atom stereocenters. The lowest BCUT2D eigenvalue weighted by molar-refractivity contribution is 0.0952. The highest BCUT2D eigenvalue weighted by molar-refractivity contribution is 7.99. The number of terminal acetylenes is 1. The van der Waals surface area contributed by atoms with Crippen LogP contribution >= 0.6 is 11.8 Å². The summed E-state index contributed by atoms with van der Waals surface area (Å²) < 4.78 is 0. The molecular formula is C14H15N3OS. The van der Waals surface area contributed by atoms with Gasteiger partial charge in [-0.25, -0.2) is 0 Å². The molecule has 4 N–H and O–H groups in total. The number of anilines is 1. The van der Waals surface area contributed by atoms with Gasteiger partial charge in [-0.15, -0.1) is 18.2 Å². The number of amides is 1. The number of rotatable bonds is 5. The number of para-hydroxylation sites is 1. The molecule has 2 aromatic rings. The van der Waals surface area contributed by atoms with Crippen molar-refractivity contribution in [3.05, 3.63) is 30.0 Å². The minimum absolute atomic E-state index is 0.128. The van der Waals surface area contributed by atoms with E-state index in [0.29, 0.717) is 23.7 Å². The predicted octanol–water partition coefficient (Wildman–Crippen LogP) is 1.85. The van der Waals surface area contributed by atoms with Crippen molar-refractivity contribution < 1.29 is 4.79 Å². The van der Waals surface area contributed by atoms with Crippen LogP contribution in [-0.4, -0.2) is 28.9 Å². The van der Waals surface area contributed by atoms with E-state index in [0.717, 1.165) is 16.7 Å². The largest absolute Gasteiger partial charge is 0.397 e. The van der Waals surface area contributed by atoms with Crippen molar-refractivity contribution in [2.75, 3.05) is 23.8 Å². The maximum absolute atomic E-state index is 11.9. The van der Waals surface area contributed by atoms with Crippen LogP contribution in [0.4, 0.5) is 5.69 Å². The molecule has 0 aliphatic heterocycles. The van der Waals surface area contributed by atoms with E-state index in [9.17, 15) is 4.79 Å². The van der Waals surface area contributed by atoms with Gasteiger partial charge in [-0.05, 0) is 12.1 Å². The minimum Gasteiger partial charge on any atom is -0.397 e. The molecule has 0 atom stereocenters. The quantitative estimate of drug-likeness (QED) is 0.442. The van der Waals surface area contributed by atoms with Crippen LogP contribution in [0.1, 0.15) is 10.5 Å². The molecule has 0 aliphatic carbocycles. The number of carbonyl (C=O) groups is 1. The van der Waals surface area contributed by atoms with Crippen LogP contribution in [0.15, 0.2) is 24.3 Å². The van der Waals surface area contributed by atoms with Gasteiger partial charge >= 0.3 is 0 Å². The maximum atomic E-state index is 11.9. The zero-order valence-corrected chi connectivity index (χ0v) is 11.2. The molecule has 1 aromatic heterocycles. The fraction of sp³-hybridized carbons (Fsp3) is 0.214. The second kappa shape index (κ2) is 6.21. The van der Waals surface area contributed by atoms with Gasteiger partial charge in [0.1, 0.15) is 5.69 Å². The number of hydrogen-bond acceptors (Lipinski definition) is 3. The number of nitrogens with one attached hydrogen (secondary N) is 2. The molecule has 0 aliphatic rings. The van der Waals surface area contributed by atoms with Crippen molar-refractivity contribution in [2.45, 2.75) is 0 Å². The number of thioether (sulfide) groups is 1. The molecule has 5 heteroatoms. The zero-order chi connectivity index (χ0) is 13.7. The molecule has 0 fully saturated rings. The van der Waals surface area contributed by atoms with Crippen LogP contribution in [0.3, 0.4) is 0 Å². The van der Waals surface area contributed by atoms with Crippen molar-refractivity contribution in [3.63, 3.8) is 0 Å². The fourth-order valence-corrected chi connectivity index (χ4v) is 2.27. The molecule has 0 bridgehead atoms. The summed E-state index contributed by atoms with van der Waals surface area (Å²) in [6.45, 7) is 0.593. The molecule has 98 valence electrons. The van der Waals surface area contributed by atoms with E-state index in [2.05, 4.69) is 16.2 Å². The van der Waals surface area contributed by atoms with Gasteiger partial charge in [0.25, 0.3) is 5.91 Å². The van der Waals surface area contributed by atoms with E-state index in [1.807, 2.05) is 12.1 Å². The Morgan fingerprint density at radius 1 is 1.53 bits per heavy atom. The Balaban J connectivity index is 1.98. The van der Waals surface area contributed by atoms with E-state index in [-0.39, 0.29) is 5.91 Å². The van der Waals surface area contributed by atoms with Gasteiger partial charge in [-0.2, -0.15) is 0 Å². The topological polar surface area (TPSA) is 70.9 Å². The van der Waals surface area contributed by atoms with Crippen molar-refractivity contribution >= 4 is 34.3 Å². The molecule has 1 heterocycles. The van der Waals surface area contributed by atoms with Gasteiger partial charge in [-0.1, -0.05) is 18.1 Å². The van der Waals surface area contributed by atoms with E-state index in [1.165, 1.54) is 0 Å². The Kier molecular flexibility index (Phi) is 4.37. The standard InChI is InChI=1S/C14H15N3OS/c1-2-7-19-8-6-16-14(18)12-9-10-4-3-5-11(15)13(10)17-12/h1,3-5,9,17H,6-8,15H2,(H,16,18). The second-order valence-corrected chi connectivity index (χ2v) is 5.11. The molecule has 19 heavy (non-hydrogen) atoms. The van der Waals surface area contributed by atoms with Crippen LogP contribution < -0.4 is 11.1 Å². The Morgan fingerprint density at radius 3 is 3.11 bits per heavy atom. The maximum Gasteiger partial charge on any atom is 0.267 e. The van der Waals surface area contributed by atoms with Crippen molar-refractivity contribution in [3.8, 4) is 12.3 Å². The van der Waals surface area contributed by atoms with Crippen LogP contribution in [-0.2, 0) is 0 Å². The number of aromatic nitrogens is 1. The van der Waals surface area contributed by atoms with Crippen molar-refractivity contribution in [2.24, 2.45) is 0 Å². The fourth-order valence-electron chi connectivity index (χ4n) is 1.77. The molecule has 0 spiro atoms. The smallest absolute Gasteiger partial charge is 0.267 e. The first-order valence-electron chi connectivity index (χ1n) is 5.89. The van der Waals surface area contributed by atoms with Crippen LogP contribution in [0, 0.1) is 12.3 Å². The number of hydrogen-bond donors (Lipinski definition) is 3. The highest BCUT2D eigenvalue weighted by atomic mass is 32.2. The number of benzene rings is 1. The molecule has 4 nitrogen and oxygen atoms in total. The summed E-state index contributed by atoms with van der Waals surface area (Å²) in [5.74, 6) is 3.88. The molecular weight excluding hydrogens is 258 g/mol. The molecule has 0 saturated heterocycles. The van der Waals surface area contributed by atoms with Crippen LogP contribution in [0.25, 0.3) is 10.9 Å². The van der Waals surface area contributed by atoms with Gasteiger partial charge in [-0.3, -0.25) is 4.79 Å². The summed E-state index contributed by atoms with van der Waals surface area (Å²) >= 11 is 1.62. The number of aromatic amines is 1. The summed E-state index contributed by atoms with van der Waals surface area (Å²) in [7, 11) is 0. The number of nitrogen functional groups attached to an aromatic ring is 1. The van der Waals surface area contributed by atoms with Crippen LogP contribution in [0.2, 0.25) is 0 Å². The van der Waals surface area contributed by atoms with Crippen LogP contribution in [0.5, 0.6) is 0 Å². The van der Waals surface area contributed by atoms with E-state index in [1.54, 1.807) is 23.9 Å². The SMILES string of the molecule is C#CCSCCNC(=O)c1cc2cccc(N)c2[nH]1. The summed E-state index contributed by atoms with van der Waals surface area (Å²) in [6, 6.07) is 7.39. The molecule has 0 radical (unpaired) electrons. The summed E-state index contributed by atoms with van der Waals surface area (Å²) in [6.07, 6.45) is 5.14. The molecule has 2 rings (SSSR count). The first-order valence-corrected chi connectivity index (χ1v) is 7.04. The van der Waals surface area contributed by atoms with Crippen molar-refractivity contribution in [1.82, 2.24) is 10.3 Å². The Bertz CT molecular complexity index is 627. The predicted molar refractivity (Wildman–Crippen MR) is 81.2 cm³/mol. The molecule has 0 saturated carbocycles. The monoisotopic (exact) mass is 273 g/mol. The lowest BCUT2D eigenvalue weighted by Crippen LogP contribution is -2.26. The first-order chi connectivity index (χ1) is 9.22. The Hall–Kier alpha value is -2.06. The molecule has 1 amide bonds. The van der Waals surface area contributed by atoms with E-state index < -0.39 is 0 Å². The number of fused-ring (bicyclic) bond motifs is 1. The Labute approximate surface area is 116 Å². The van der Waals surface area contributed by atoms with Gasteiger partial charge in [0, 0.05) is 17.7 Å². The van der Waals surface area contributed by atoms with Gasteiger partial charge in [0.15, 0.2) is 0 Å². The van der Waals surface area contributed by atoms with Gasteiger partial charge in [0.05, 0.1) is 17.0 Å². The first kappa shape index (κ1) is 13.4. The third-order valence-electron chi connectivity index (χ3n) is 2.65. The average molecular weight is 273 g/mol. The lowest BCUT2D eigenvalue weighted by atomic mass is 10.2. The zero-order valence-electron chi connectivity index (χ0n) is 10.4. The summed E-state index contributed by atoms with van der Waals surface area (Å²) in [4.78, 5) is 15.0. The number of carbonyl (C=O) groups excluding carboxylic acids is 1. The van der Waals surface area contributed by atoms with E-state index in [4.69, 9.17) is 12.2 Å². The van der Waals surface area contributed by atoms with E-state index >= 15 is 0 Å². The van der Waals surface area contributed by atoms with Gasteiger partial charge < -0.3 is 16.0 Å². The van der Waals surface area contributed by atoms with Crippen molar-refractivity contribution in [1.29, 1.82) is 0 Å². The highest BCUT2D eigenvalue weighted by Gasteiger charge is 2.09. The summed E-state index contributed by atoms with van der Waals surface area (Å²) in [5.41, 5.74) is 7.80. The minimum atomic E-state index is -0.128.